The molecule has 4 rings (SSSR count). The van der Waals surface area contributed by atoms with Crippen LogP contribution in [-0.2, 0) is 16.4 Å². The van der Waals surface area contributed by atoms with Gasteiger partial charge in [-0.2, -0.15) is 0 Å². The largest absolute Gasteiger partial charge is 0.369 e. The van der Waals surface area contributed by atoms with Crippen LogP contribution in [0.2, 0.25) is 0 Å². The van der Waals surface area contributed by atoms with Crippen LogP contribution in [0, 0.1) is 0 Å². The average Bonchev–Trinajstić information content (AvgIpc) is 3.09. The minimum atomic E-state index is -3.62. The zero-order valence-electron chi connectivity index (χ0n) is 15.5. The molecule has 0 bridgehead atoms. The van der Waals surface area contributed by atoms with Crippen molar-refractivity contribution in [3.8, 4) is 0 Å². The Kier molecular flexibility index (Phi) is 5.21. The second-order valence-electron chi connectivity index (χ2n) is 7.59. The van der Waals surface area contributed by atoms with E-state index in [4.69, 9.17) is 5.14 Å². The van der Waals surface area contributed by atoms with E-state index in [1.807, 2.05) is 12.1 Å². The Morgan fingerprint density at radius 2 is 1.67 bits per heavy atom. The van der Waals surface area contributed by atoms with Crippen molar-refractivity contribution in [2.45, 2.75) is 30.1 Å². The molecule has 2 aromatic carbocycles. The Bertz CT molecular complexity index is 888. The maximum atomic E-state index is 11.4. The van der Waals surface area contributed by atoms with E-state index in [-0.39, 0.29) is 4.90 Å². The molecule has 2 aromatic rings. The number of anilines is 1. The first-order valence-corrected chi connectivity index (χ1v) is 11.2. The van der Waals surface area contributed by atoms with Crippen LogP contribution in [0.25, 0.3) is 0 Å². The first-order chi connectivity index (χ1) is 13.0. The molecule has 0 spiro atoms. The fourth-order valence-corrected chi connectivity index (χ4v) is 4.88. The van der Waals surface area contributed by atoms with Crippen LogP contribution in [0.4, 0.5) is 5.69 Å². The Morgan fingerprint density at radius 3 is 2.37 bits per heavy atom. The van der Waals surface area contributed by atoms with Gasteiger partial charge in [-0.05, 0) is 67.1 Å². The predicted molar refractivity (Wildman–Crippen MR) is 109 cm³/mol. The first kappa shape index (κ1) is 18.5. The summed E-state index contributed by atoms with van der Waals surface area (Å²) < 4.78 is 22.8. The molecular weight excluding hydrogens is 358 g/mol. The first-order valence-electron chi connectivity index (χ1n) is 9.69. The van der Waals surface area contributed by atoms with Crippen molar-refractivity contribution in [3.63, 3.8) is 0 Å². The lowest BCUT2D eigenvalue weighted by Gasteiger charge is -2.36. The highest BCUT2D eigenvalue weighted by atomic mass is 32.2. The number of primary sulfonamides is 1. The topological polar surface area (TPSA) is 66.6 Å². The van der Waals surface area contributed by atoms with Crippen molar-refractivity contribution in [1.82, 2.24) is 4.90 Å². The number of piperazine rings is 1. The number of aryl methyl sites for hydroxylation is 1. The van der Waals surface area contributed by atoms with E-state index in [0.29, 0.717) is 5.92 Å². The highest BCUT2D eigenvalue weighted by molar-refractivity contribution is 7.89. The lowest BCUT2D eigenvalue weighted by Crippen LogP contribution is -2.46. The van der Waals surface area contributed by atoms with Gasteiger partial charge in [0.2, 0.25) is 10.0 Å². The van der Waals surface area contributed by atoms with Gasteiger partial charge < -0.3 is 4.90 Å². The summed E-state index contributed by atoms with van der Waals surface area (Å²) in [5, 5.41) is 5.17. The van der Waals surface area contributed by atoms with E-state index >= 15 is 0 Å². The van der Waals surface area contributed by atoms with Crippen LogP contribution >= 0.6 is 0 Å². The van der Waals surface area contributed by atoms with Crippen LogP contribution in [0.15, 0.2) is 53.4 Å². The molecular formula is C21H27N3O2S. The van der Waals surface area contributed by atoms with Crippen LogP contribution in [0.1, 0.15) is 29.9 Å². The Balaban J connectivity index is 1.28. The van der Waals surface area contributed by atoms with Gasteiger partial charge in [0.25, 0.3) is 0 Å². The Morgan fingerprint density at radius 1 is 0.963 bits per heavy atom. The third kappa shape index (κ3) is 4.18. The number of sulfonamides is 1. The second kappa shape index (κ2) is 7.62. The summed E-state index contributed by atoms with van der Waals surface area (Å²) in [5.74, 6) is 0.713. The monoisotopic (exact) mass is 385 g/mol. The molecule has 1 aliphatic carbocycles. The minimum Gasteiger partial charge on any atom is -0.369 e. The van der Waals surface area contributed by atoms with Crippen molar-refractivity contribution in [2.75, 3.05) is 37.6 Å². The molecule has 1 saturated heterocycles. The maximum Gasteiger partial charge on any atom is 0.238 e. The normalized spacial score (nSPS) is 20.6. The third-order valence-electron chi connectivity index (χ3n) is 5.95. The van der Waals surface area contributed by atoms with E-state index in [0.717, 1.165) is 38.4 Å². The molecule has 0 amide bonds. The van der Waals surface area contributed by atoms with Crippen molar-refractivity contribution in [2.24, 2.45) is 5.14 Å². The molecule has 1 aliphatic heterocycles. The summed E-state index contributed by atoms with van der Waals surface area (Å²) in [4.78, 5) is 5.03. The minimum absolute atomic E-state index is 0.168. The molecule has 0 radical (unpaired) electrons. The van der Waals surface area contributed by atoms with Crippen molar-refractivity contribution >= 4 is 15.7 Å². The highest BCUT2D eigenvalue weighted by Crippen LogP contribution is 2.35. The van der Waals surface area contributed by atoms with Crippen LogP contribution in [-0.4, -0.2) is 46.0 Å². The molecule has 0 aromatic heterocycles. The maximum absolute atomic E-state index is 11.4. The predicted octanol–water partition coefficient (Wildman–Crippen LogP) is 2.58. The van der Waals surface area contributed by atoms with Crippen molar-refractivity contribution < 1.29 is 8.42 Å². The number of fused-ring (bicyclic) bond motifs is 1. The molecule has 1 unspecified atom stereocenters. The van der Waals surface area contributed by atoms with Crippen LogP contribution in [0.3, 0.4) is 0 Å². The van der Waals surface area contributed by atoms with Gasteiger partial charge in [0.1, 0.15) is 0 Å². The van der Waals surface area contributed by atoms with Gasteiger partial charge in [0, 0.05) is 31.9 Å². The van der Waals surface area contributed by atoms with Gasteiger partial charge in [-0.3, -0.25) is 4.90 Å². The number of hydrogen-bond acceptors (Lipinski definition) is 4. The number of nitrogens with two attached hydrogens (primary N) is 1. The van der Waals surface area contributed by atoms with Gasteiger partial charge >= 0.3 is 0 Å². The van der Waals surface area contributed by atoms with Crippen molar-refractivity contribution in [3.05, 3.63) is 59.7 Å². The van der Waals surface area contributed by atoms with E-state index in [1.54, 1.807) is 17.7 Å². The quantitative estimate of drug-likeness (QED) is 0.859. The lowest BCUT2D eigenvalue weighted by molar-refractivity contribution is 0.248. The number of rotatable bonds is 5. The molecule has 144 valence electrons. The number of hydrogen-bond donors (Lipinski definition) is 1. The Hall–Kier alpha value is -1.89. The van der Waals surface area contributed by atoms with Crippen molar-refractivity contribution in [1.29, 1.82) is 0 Å². The SMILES string of the molecule is NS(=O)(=O)c1ccc(N2CCN(CCC3CCc4ccccc43)CC2)cc1. The summed E-state index contributed by atoms with van der Waals surface area (Å²) in [6.07, 6.45) is 3.75. The average molecular weight is 386 g/mol. The molecule has 5 nitrogen and oxygen atoms in total. The molecule has 2 aliphatic rings. The van der Waals surface area contributed by atoms with E-state index < -0.39 is 10.0 Å². The standard InChI is InChI=1S/C21H27N3O2S/c22-27(25,26)20-9-7-19(8-10-20)24-15-13-23(14-16-24)12-11-18-6-5-17-3-1-2-4-21(17)18/h1-4,7-10,18H,5-6,11-16H2,(H2,22,25,26). The fourth-order valence-electron chi connectivity index (χ4n) is 4.36. The summed E-state index contributed by atoms with van der Waals surface area (Å²) in [6.45, 7) is 5.18. The smallest absolute Gasteiger partial charge is 0.238 e. The van der Waals surface area contributed by atoms with Gasteiger partial charge in [-0.25, -0.2) is 13.6 Å². The zero-order valence-corrected chi connectivity index (χ0v) is 16.4. The molecule has 0 saturated carbocycles. The summed E-state index contributed by atoms with van der Waals surface area (Å²) in [5.41, 5.74) is 4.16. The van der Waals surface area contributed by atoms with E-state index in [9.17, 15) is 8.42 Å². The van der Waals surface area contributed by atoms with E-state index in [2.05, 4.69) is 34.1 Å². The van der Waals surface area contributed by atoms with Crippen LogP contribution in [0.5, 0.6) is 0 Å². The Labute approximate surface area is 161 Å². The van der Waals surface area contributed by atoms with Crippen LogP contribution < -0.4 is 10.0 Å². The van der Waals surface area contributed by atoms with Gasteiger partial charge in [0.15, 0.2) is 0 Å². The number of benzene rings is 2. The van der Waals surface area contributed by atoms with Gasteiger partial charge in [0.05, 0.1) is 4.90 Å². The molecule has 6 heteroatoms. The van der Waals surface area contributed by atoms with E-state index in [1.165, 1.54) is 24.8 Å². The molecule has 1 fully saturated rings. The third-order valence-corrected chi connectivity index (χ3v) is 6.88. The summed E-state index contributed by atoms with van der Waals surface area (Å²) >= 11 is 0. The second-order valence-corrected chi connectivity index (χ2v) is 9.15. The van der Waals surface area contributed by atoms with Gasteiger partial charge in [-0.1, -0.05) is 24.3 Å². The summed E-state index contributed by atoms with van der Waals surface area (Å²) in [7, 11) is -3.62. The lowest BCUT2D eigenvalue weighted by atomic mass is 9.97. The number of nitrogens with zero attached hydrogens (tertiary/aromatic N) is 2. The molecule has 1 atom stereocenters. The highest BCUT2D eigenvalue weighted by Gasteiger charge is 2.24. The molecule has 2 N–H and O–H groups in total. The fraction of sp³-hybridized carbons (Fsp3) is 0.429. The molecule has 1 heterocycles. The molecule has 27 heavy (non-hydrogen) atoms. The van der Waals surface area contributed by atoms with Gasteiger partial charge in [-0.15, -0.1) is 0 Å². The summed E-state index contributed by atoms with van der Waals surface area (Å²) in [6, 6.07) is 15.8. The zero-order chi connectivity index (χ0) is 18.9.